The molecule has 1 atom stereocenters. The van der Waals surface area contributed by atoms with E-state index in [4.69, 9.17) is 4.74 Å². The van der Waals surface area contributed by atoms with Crippen molar-refractivity contribution in [2.75, 3.05) is 6.54 Å². The molecular formula is C19H21FN2O3. The van der Waals surface area contributed by atoms with E-state index in [9.17, 15) is 14.0 Å². The van der Waals surface area contributed by atoms with E-state index in [1.165, 1.54) is 12.1 Å². The smallest absolute Gasteiger partial charge is 0.261 e. The number of rotatable bonds is 5. The molecule has 0 spiro atoms. The lowest BCUT2D eigenvalue weighted by atomic mass is 9.95. The van der Waals surface area contributed by atoms with Gasteiger partial charge in [0.2, 0.25) is 0 Å². The molecule has 0 radical (unpaired) electrons. The van der Waals surface area contributed by atoms with Crippen LogP contribution in [0, 0.1) is 5.82 Å². The molecule has 5 nitrogen and oxygen atoms in total. The van der Waals surface area contributed by atoms with Crippen LogP contribution in [0.25, 0.3) is 0 Å². The predicted molar refractivity (Wildman–Crippen MR) is 92.5 cm³/mol. The number of amides is 1. The summed E-state index contributed by atoms with van der Waals surface area (Å²) in [5.41, 5.74) is 1.70. The van der Waals surface area contributed by atoms with Crippen molar-refractivity contribution in [2.24, 2.45) is 0 Å². The standard InChI is InChI=1S/C19H21FN2O3/c1-12(25-17-9-5-3-7-15(17)20)11-21-18(23)14-10-13-6-2-4-8-16(13)22-19(14)24/h3,5,7,9-10,12H,2,4,6,8,11H2,1H3,(H,21,23)(H,22,24). The zero-order valence-corrected chi connectivity index (χ0v) is 14.1. The second kappa shape index (κ2) is 7.51. The Kier molecular flexibility index (Phi) is 5.16. The van der Waals surface area contributed by atoms with Crippen molar-refractivity contribution in [3.63, 3.8) is 0 Å². The highest BCUT2D eigenvalue weighted by atomic mass is 19.1. The van der Waals surface area contributed by atoms with Crippen molar-refractivity contribution in [1.82, 2.24) is 10.3 Å². The van der Waals surface area contributed by atoms with Crippen molar-refractivity contribution < 1.29 is 13.9 Å². The van der Waals surface area contributed by atoms with Crippen molar-refractivity contribution in [3.05, 3.63) is 63.3 Å². The van der Waals surface area contributed by atoms with Crippen LogP contribution in [0.2, 0.25) is 0 Å². The maximum Gasteiger partial charge on any atom is 0.261 e. The number of pyridine rings is 1. The van der Waals surface area contributed by atoms with Crippen LogP contribution in [0.4, 0.5) is 4.39 Å². The SMILES string of the molecule is CC(CNC(=O)c1cc2c([nH]c1=O)CCCC2)Oc1ccccc1F. The summed E-state index contributed by atoms with van der Waals surface area (Å²) >= 11 is 0. The number of hydrogen-bond donors (Lipinski definition) is 2. The number of carbonyl (C=O) groups is 1. The molecule has 1 heterocycles. The van der Waals surface area contributed by atoms with Gasteiger partial charge in [0.25, 0.3) is 11.5 Å². The fourth-order valence-corrected chi connectivity index (χ4v) is 2.97. The van der Waals surface area contributed by atoms with Crippen LogP contribution in [0.15, 0.2) is 35.1 Å². The van der Waals surface area contributed by atoms with Crippen LogP contribution < -0.4 is 15.6 Å². The summed E-state index contributed by atoms with van der Waals surface area (Å²) in [5, 5.41) is 2.68. The number of para-hydroxylation sites is 1. The molecule has 6 heteroatoms. The minimum absolute atomic E-state index is 0.110. The maximum absolute atomic E-state index is 13.6. The molecule has 132 valence electrons. The first kappa shape index (κ1) is 17.2. The molecule has 0 aliphatic heterocycles. The number of ether oxygens (including phenoxy) is 1. The van der Waals surface area contributed by atoms with E-state index in [0.717, 1.165) is 36.9 Å². The van der Waals surface area contributed by atoms with E-state index in [-0.39, 0.29) is 23.4 Å². The number of hydrogen-bond acceptors (Lipinski definition) is 3. The van der Waals surface area contributed by atoms with Gasteiger partial charge in [-0.2, -0.15) is 0 Å². The summed E-state index contributed by atoms with van der Waals surface area (Å²) < 4.78 is 19.0. The minimum Gasteiger partial charge on any atom is -0.486 e. The number of aryl methyl sites for hydroxylation is 2. The molecule has 1 aliphatic rings. The molecule has 25 heavy (non-hydrogen) atoms. The Morgan fingerprint density at radius 3 is 2.88 bits per heavy atom. The third-order valence-corrected chi connectivity index (χ3v) is 4.30. The Bertz CT molecular complexity index is 832. The summed E-state index contributed by atoms with van der Waals surface area (Å²) in [6, 6.07) is 7.79. The van der Waals surface area contributed by atoms with Gasteiger partial charge in [0.05, 0.1) is 6.54 Å². The van der Waals surface area contributed by atoms with Gasteiger partial charge in [0, 0.05) is 5.69 Å². The predicted octanol–water partition coefficient (Wildman–Crippen LogP) is 2.59. The number of benzene rings is 1. The highest BCUT2D eigenvalue weighted by molar-refractivity contribution is 5.94. The van der Waals surface area contributed by atoms with Gasteiger partial charge in [-0.15, -0.1) is 0 Å². The third kappa shape index (κ3) is 4.07. The monoisotopic (exact) mass is 344 g/mol. The van der Waals surface area contributed by atoms with Gasteiger partial charge in [-0.3, -0.25) is 9.59 Å². The number of carbonyl (C=O) groups excluding carboxylic acids is 1. The quantitative estimate of drug-likeness (QED) is 0.876. The molecule has 0 saturated heterocycles. The van der Waals surface area contributed by atoms with Crippen molar-refractivity contribution in [2.45, 2.75) is 38.7 Å². The number of nitrogens with one attached hydrogen (secondary N) is 2. The van der Waals surface area contributed by atoms with Crippen LogP contribution in [-0.2, 0) is 12.8 Å². The molecule has 2 N–H and O–H groups in total. The normalized spacial score (nSPS) is 14.5. The molecule has 0 fully saturated rings. The summed E-state index contributed by atoms with van der Waals surface area (Å²) in [6.45, 7) is 1.90. The molecule has 0 saturated carbocycles. The molecule has 1 aromatic heterocycles. The van der Waals surface area contributed by atoms with E-state index in [1.54, 1.807) is 25.1 Å². The first-order valence-corrected chi connectivity index (χ1v) is 8.49. The number of aromatic amines is 1. The van der Waals surface area contributed by atoms with Crippen LogP contribution in [-0.4, -0.2) is 23.5 Å². The maximum atomic E-state index is 13.6. The highest BCUT2D eigenvalue weighted by Crippen LogP contribution is 2.19. The molecule has 1 aromatic carbocycles. The van der Waals surface area contributed by atoms with Gasteiger partial charge in [-0.05, 0) is 56.4 Å². The van der Waals surface area contributed by atoms with E-state index in [0.29, 0.717) is 0 Å². The van der Waals surface area contributed by atoms with E-state index < -0.39 is 17.8 Å². The topological polar surface area (TPSA) is 71.2 Å². The Labute approximate surface area is 145 Å². The number of fused-ring (bicyclic) bond motifs is 1. The fourth-order valence-electron chi connectivity index (χ4n) is 2.97. The van der Waals surface area contributed by atoms with Gasteiger partial charge in [-0.25, -0.2) is 4.39 Å². The molecule has 2 aromatic rings. The van der Waals surface area contributed by atoms with E-state index in [2.05, 4.69) is 10.3 Å². The average molecular weight is 344 g/mol. The summed E-state index contributed by atoms with van der Waals surface area (Å²) in [6.07, 6.45) is 3.41. The zero-order chi connectivity index (χ0) is 17.8. The first-order chi connectivity index (χ1) is 12.0. The molecule has 1 aliphatic carbocycles. The summed E-state index contributed by atoms with van der Waals surface area (Å²) in [5.74, 6) is -0.763. The van der Waals surface area contributed by atoms with Crippen molar-refractivity contribution in [1.29, 1.82) is 0 Å². The minimum atomic E-state index is -0.452. The summed E-state index contributed by atoms with van der Waals surface area (Å²) in [4.78, 5) is 27.2. The molecule has 3 rings (SSSR count). The van der Waals surface area contributed by atoms with Crippen molar-refractivity contribution >= 4 is 5.91 Å². The highest BCUT2D eigenvalue weighted by Gasteiger charge is 2.18. The Balaban J connectivity index is 1.63. The second-order valence-electron chi connectivity index (χ2n) is 6.29. The van der Waals surface area contributed by atoms with Gasteiger partial charge in [0.15, 0.2) is 11.6 Å². The lowest BCUT2D eigenvalue weighted by Crippen LogP contribution is -2.36. The second-order valence-corrected chi connectivity index (χ2v) is 6.29. The average Bonchev–Trinajstić information content (AvgIpc) is 2.61. The van der Waals surface area contributed by atoms with Gasteiger partial charge in [0.1, 0.15) is 11.7 Å². The number of aromatic nitrogens is 1. The van der Waals surface area contributed by atoms with E-state index >= 15 is 0 Å². The van der Waals surface area contributed by atoms with Crippen molar-refractivity contribution in [3.8, 4) is 5.75 Å². The van der Waals surface area contributed by atoms with Gasteiger partial charge >= 0.3 is 0 Å². The van der Waals surface area contributed by atoms with Gasteiger partial charge < -0.3 is 15.0 Å². The Morgan fingerprint density at radius 1 is 1.32 bits per heavy atom. The van der Waals surface area contributed by atoms with Crippen LogP contribution in [0.5, 0.6) is 5.75 Å². The van der Waals surface area contributed by atoms with Crippen LogP contribution in [0.3, 0.4) is 0 Å². The van der Waals surface area contributed by atoms with Crippen LogP contribution in [0.1, 0.15) is 41.4 Å². The largest absolute Gasteiger partial charge is 0.486 e. The Morgan fingerprint density at radius 2 is 2.08 bits per heavy atom. The third-order valence-electron chi connectivity index (χ3n) is 4.30. The van der Waals surface area contributed by atoms with Crippen LogP contribution >= 0.6 is 0 Å². The fraction of sp³-hybridized carbons (Fsp3) is 0.368. The lowest BCUT2D eigenvalue weighted by Gasteiger charge is -2.17. The Hall–Kier alpha value is -2.63. The first-order valence-electron chi connectivity index (χ1n) is 8.49. The molecule has 1 unspecified atom stereocenters. The molecule has 1 amide bonds. The molecular weight excluding hydrogens is 323 g/mol. The summed E-state index contributed by atoms with van der Waals surface area (Å²) in [7, 11) is 0. The number of halogens is 1. The lowest BCUT2D eigenvalue weighted by molar-refractivity contribution is 0.0929. The number of H-pyrrole nitrogens is 1. The molecule has 0 bridgehead atoms. The van der Waals surface area contributed by atoms with E-state index in [1.807, 2.05) is 0 Å². The zero-order valence-electron chi connectivity index (χ0n) is 14.1. The van der Waals surface area contributed by atoms with Gasteiger partial charge in [-0.1, -0.05) is 12.1 Å².